The van der Waals surface area contributed by atoms with Crippen molar-refractivity contribution in [3.63, 3.8) is 0 Å². The first-order chi connectivity index (χ1) is 10.0. The molecule has 21 heavy (non-hydrogen) atoms. The molecule has 0 unspecified atom stereocenters. The van der Waals surface area contributed by atoms with Crippen LogP contribution < -0.4 is 14.8 Å². The third-order valence-corrected chi connectivity index (χ3v) is 3.62. The van der Waals surface area contributed by atoms with Crippen LogP contribution in [-0.4, -0.2) is 37.2 Å². The van der Waals surface area contributed by atoms with Crippen molar-refractivity contribution in [2.24, 2.45) is 5.41 Å². The van der Waals surface area contributed by atoms with Gasteiger partial charge in [0.2, 0.25) is 0 Å². The van der Waals surface area contributed by atoms with Crippen molar-refractivity contribution >= 4 is 11.9 Å². The van der Waals surface area contributed by atoms with Gasteiger partial charge in [-0.25, -0.2) is 0 Å². The van der Waals surface area contributed by atoms with Crippen molar-refractivity contribution in [1.82, 2.24) is 5.32 Å². The summed E-state index contributed by atoms with van der Waals surface area (Å²) in [5, 5.41) is 11.8. The molecule has 0 atom stereocenters. The molecule has 0 radical (unpaired) electrons. The first-order valence-electron chi connectivity index (χ1n) is 6.85. The molecule has 0 saturated heterocycles. The van der Waals surface area contributed by atoms with Gasteiger partial charge in [0, 0.05) is 12.1 Å². The van der Waals surface area contributed by atoms with E-state index < -0.39 is 11.4 Å². The van der Waals surface area contributed by atoms with Crippen molar-refractivity contribution in [2.45, 2.75) is 19.8 Å². The molecule has 0 heterocycles. The van der Waals surface area contributed by atoms with Crippen molar-refractivity contribution < 1.29 is 24.2 Å². The van der Waals surface area contributed by atoms with Crippen LogP contribution in [-0.2, 0) is 4.79 Å². The molecule has 1 aliphatic carbocycles. The largest absolute Gasteiger partial charge is 0.493 e. The van der Waals surface area contributed by atoms with Gasteiger partial charge in [-0.15, -0.1) is 0 Å². The Labute approximate surface area is 123 Å². The van der Waals surface area contributed by atoms with Crippen LogP contribution in [0.2, 0.25) is 0 Å². The van der Waals surface area contributed by atoms with Gasteiger partial charge in [0.05, 0.1) is 19.1 Å². The second kappa shape index (κ2) is 6.03. The van der Waals surface area contributed by atoms with Crippen molar-refractivity contribution in [3.8, 4) is 11.5 Å². The van der Waals surface area contributed by atoms with E-state index in [1.54, 1.807) is 18.2 Å². The number of carbonyl (C=O) groups is 2. The molecule has 0 aromatic heterocycles. The molecule has 1 fully saturated rings. The van der Waals surface area contributed by atoms with E-state index in [0.29, 0.717) is 36.5 Å². The average Bonchev–Trinajstić information content (AvgIpc) is 3.26. The number of amides is 1. The summed E-state index contributed by atoms with van der Waals surface area (Å²) in [7, 11) is 1.53. The lowest BCUT2D eigenvalue weighted by Crippen LogP contribution is -2.34. The van der Waals surface area contributed by atoms with E-state index in [2.05, 4.69) is 5.32 Å². The van der Waals surface area contributed by atoms with Gasteiger partial charge in [-0.3, -0.25) is 9.59 Å². The molecular formula is C15H19NO5. The van der Waals surface area contributed by atoms with E-state index in [4.69, 9.17) is 14.6 Å². The first-order valence-corrected chi connectivity index (χ1v) is 6.85. The van der Waals surface area contributed by atoms with Gasteiger partial charge in [-0.2, -0.15) is 0 Å². The maximum absolute atomic E-state index is 12.1. The van der Waals surface area contributed by atoms with E-state index in [9.17, 15) is 9.59 Å². The van der Waals surface area contributed by atoms with Gasteiger partial charge in [0.15, 0.2) is 11.5 Å². The number of rotatable bonds is 7. The molecule has 2 rings (SSSR count). The Hall–Kier alpha value is -2.24. The van der Waals surface area contributed by atoms with Crippen LogP contribution in [0.1, 0.15) is 30.1 Å². The summed E-state index contributed by atoms with van der Waals surface area (Å²) in [6.07, 6.45) is 1.21. The molecule has 1 aromatic carbocycles. The lowest BCUT2D eigenvalue weighted by atomic mass is 10.1. The molecule has 1 aromatic rings. The molecule has 0 aliphatic heterocycles. The second-order valence-corrected chi connectivity index (χ2v) is 5.07. The zero-order chi connectivity index (χ0) is 15.5. The van der Waals surface area contributed by atoms with Crippen LogP contribution in [0.15, 0.2) is 18.2 Å². The zero-order valence-electron chi connectivity index (χ0n) is 12.1. The average molecular weight is 293 g/mol. The summed E-state index contributed by atoms with van der Waals surface area (Å²) in [4.78, 5) is 23.2. The fraction of sp³-hybridized carbons (Fsp3) is 0.467. The highest BCUT2D eigenvalue weighted by atomic mass is 16.5. The summed E-state index contributed by atoms with van der Waals surface area (Å²) < 4.78 is 10.6. The second-order valence-electron chi connectivity index (χ2n) is 5.07. The predicted octanol–water partition coefficient (Wildman–Crippen LogP) is 1.69. The van der Waals surface area contributed by atoms with Gasteiger partial charge >= 0.3 is 5.97 Å². The Balaban J connectivity index is 2.05. The van der Waals surface area contributed by atoms with Gasteiger partial charge in [-0.05, 0) is 38.0 Å². The van der Waals surface area contributed by atoms with Crippen LogP contribution >= 0.6 is 0 Å². The highest BCUT2D eigenvalue weighted by Gasteiger charge is 2.50. The maximum atomic E-state index is 12.1. The number of benzene rings is 1. The minimum absolute atomic E-state index is 0.150. The fourth-order valence-electron chi connectivity index (χ4n) is 2.05. The molecule has 1 saturated carbocycles. The number of hydrogen-bond donors (Lipinski definition) is 2. The van der Waals surface area contributed by atoms with Crippen LogP contribution in [0.25, 0.3) is 0 Å². The van der Waals surface area contributed by atoms with Crippen molar-refractivity contribution in [1.29, 1.82) is 0 Å². The Bertz CT molecular complexity index is 551. The highest BCUT2D eigenvalue weighted by Crippen LogP contribution is 2.45. The fourth-order valence-corrected chi connectivity index (χ4v) is 2.05. The number of hydrogen-bond acceptors (Lipinski definition) is 4. The minimum Gasteiger partial charge on any atom is -0.493 e. The Kier molecular flexibility index (Phi) is 4.35. The number of methoxy groups -OCH3 is 1. The van der Waals surface area contributed by atoms with E-state index in [1.807, 2.05) is 6.92 Å². The SMILES string of the molecule is CCOc1cc(C(=O)NCC2(C(=O)O)CC2)ccc1OC. The van der Waals surface area contributed by atoms with Gasteiger partial charge in [-0.1, -0.05) is 0 Å². The number of ether oxygens (including phenoxy) is 2. The van der Waals surface area contributed by atoms with Crippen molar-refractivity contribution in [2.75, 3.05) is 20.3 Å². The number of carboxylic acids is 1. The molecule has 6 nitrogen and oxygen atoms in total. The highest BCUT2D eigenvalue weighted by molar-refractivity contribution is 5.95. The maximum Gasteiger partial charge on any atom is 0.311 e. The quantitative estimate of drug-likeness (QED) is 0.799. The number of aliphatic carboxylic acids is 1. The number of nitrogens with one attached hydrogen (secondary N) is 1. The normalized spacial score (nSPS) is 15.1. The number of carboxylic acid groups (broad SMARTS) is 1. The smallest absolute Gasteiger partial charge is 0.311 e. The van der Waals surface area contributed by atoms with Gasteiger partial charge in [0.1, 0.15) is 0 Å². The molecular weight excluding hydrogens is 274 g/mol. The Morgan fingerprint density at radius 1 is 1.33 bits per heavy atom. The van der Waals surface area contributed by atoms with Crippen LogP contribution in [0.5, 0.6) is 11.5 Å². The summed E-state index contributed by atoms with van der Waals surface area (Å²) in [5.74, 6) is -0.122. The third-order valence-electron chi connectivity index (χ3n) is 3.62. The van der Waals surface area contributed by atoms with Crippen molar-refractivity contribution in [3.05, 3.63) is 23.8 Å². The molecule has 114 valence electrons. The first kappa shape index (κ1) is 15.2. The van der Waals surface area contributed by atoms with E-state index in [-0.39, 0.29) is 12.5 Å². The predicted molar refractivity (Wildman–Crippen MR) is 75.8 cm³/mol. The van der Waals surface area contributed by atoms with Crippen LogP contribution in [0.3, 0.4) is 0 Å². The van der Waals surface area contributed by atoms with Crippen LogP contribution in [0, 0.1) is 5.41 Å². The Morgan fingerprint density at radius 3 is 2.57 bits per heavy atom. The molecule has 6 heteroatoms. The molecule has 0 bridgehead atoms. The van der Waals surface area contributed by atoms with Gasteiger partial charge in [0.25, 0.3) is 5.91 Å². The summed E-state index contributed by atoms with van der Waals surface area (Å²) >= 11 is 0. The molecule has 2 N–H and O–H groups in total. The third kappa shape index (κ3) is 3.26. The van der Waals surface area contributed by atoms with E-state index >= 15 is 0 Å². The van der Waals surface area contributed by atoms with E-state index in [1.165, 1.54) is 7.11 Å². The summed E-state index contributed by atoms with van der Waals surface area (Å²) in [5.41, 5.74) is -0.356. The summed E-state index contributed by atoms with van der Waals surface area (Å²) in [6, 6.07) is 4.87. The monoisotopic (exact) mass is 293 g/mol. The molecule has 1 amide bonds. The van der Waals surface area contributed by atoms with Crippen LogP contribution in [0.4, 0.5) is 0 Å². The molecule has 0 spiro atoms. The minimum atomic E-state index is -0.854. The van der Waals surface area contributed by atoms with Gasteiger partial charge < -0.3 is 19.9 Å². The lowest BCUT2D eigenvalue weighted by Gasteiger charge is -2.13. The lowest BCUT2D eigenvalue weighted by molar-refractivity contribution is -0.143. The number of carbonyl (C=O) groups excluding carboxylic acids is 1. The summed E-state index contributed by atoms with van der Waals surface area (Å²) in [6.45, 7) is 2.45. The standard InChI is InChI=1S/C15H19NO5/c1-3-21-12-8-10(4-5-11(12)20-2)13(17)16-9-15(6-7-15)14(18)19/h4-5,8H,3,6-7,9H2,1-2H3,(H,16,17)(H,18,19). The molecule has 1 aliphatic rings. The topological polar surface area (TPSA) is 84.9 Å². The zero-order valence-corrected chi connectivity index (χ0v) is 12.1. The van der Waals surface area contributed by atoms with E-state index in [0.717, 1.165) is 0 Å². The Morgan fingerprint density at radius 2 is 2.05 bits per heavy atom.